The summed E-state index contributed by atoms with van der Waals surface area (Å²) in [6.45, 7) is 2.48. The van der Waals surface area contributed by atoms with E-state index in [1.165, 1.54) is 0 Å². The average Bonchev–Trinajstić information content (AvgIpc) is 2.67. The van der Waals surface area contributed by atoms with Crippen LogP contribution >= 0.6 is 11.6 Å². The zero-order valence-electron chi connectivity index (χ0n) is 8.85. The molecule has 0 spiro atoms. The summed E-state index contributed by atoms with van der Waals surface area (Å²) in [5.74, 6) is 1.65. The Hall–Kier alpha value is -1.61. The first-order chi connectivity index (χ1) is 7.74. The van der Waals surface area contributed by atoms with Crippen molar-refractivity contribution in [3.8, 4) is 0 Å². The van der Waals surface area contributed by atoms with Gasteiger partial charge in [-0.15, -0.1) is 0 Å². The molecule has 2 aromatic rings. The number of nitrogens with zero attached hydrogens (tertiary/aromatic N) is 2. The number of aliphatic imine (C=N–C) groups is 1. The number of hydrogen-bond donors (Lipinski definition) is 0. The highest BCUT2D eigenvalue weighted by Crippen LogP contribution is 2.07. The Bertz CT molecular complexity index is 488. The Morgan fingerprint density at radius 2 is 2.25 bits per heavy atom. The van der Waals surface area contributed by atoms with Crippen LogP contribution in [0.15, 0.2) is 39.9 Å². The van der Waals surface area contributed by atoms with Gasteiger partial charge in [-0.2, -0.15) is 0 Å². The molecule has 0 aromatic carbocycles. The molecule has 0 N–H and O–H groups in total. The first-order valence-corrected chi connectivity index (χ1v) is 5.28. The molecule has 16 heavy (non-hydrogen) atoms. The van der Waals surface area contributed by atoms with Crippen molar-refractivity contribution >= 4 is 17.8 Å². The molecule has 2 rings (SSSR count). The Kier molecular flexibility index (Phi) is 3.37. The summed E-state index contributed by atoms with van der Waals surface area (Å²) in [5.41, 5.74) is 1.02. The van der Waals surface area contributed by atoms with Gasteiger partial charge < -0.3 is 4.42 Å². The largest absolute Gasteiger partial charge is 0.460 e. The maximum Gasteiger partial charge on any atom is 0.144 e. The SMILES string of the molecule is Cc1ccc(C=NCc2ccc(Cl)nc2)o1. The summed E-state index contributed by atoms with van der Waals surface area (Å²) in [4.78, 5) is 8.23. The molecule has 0 amide bonds. The Morgan fingerprint density at radius 1 is 1.38 bits per heavy atom. The van der Waals surface area contributed by atoms with Gasteiger partial charge in [0.15, 0.2) is 0 Å². The maximum atomic E-state index is 5.68. The Labute approximate surface area is 98.8 Å². The molecule has 0 atom stereocenters. The third kappa shape index (κ3) is 2.94. The summed E-state index contributed by atoms with van der Waals surface area (Å²) in [7, 11) is 0. The summed E-state index contributed by atoms with van der Waals surface area (Å²) < 4.78 is 5.35. The van der Waals surface area contributed by atoms with Crippen LogP contribution < -0.4 is 0 Å². The number of furan rings is 1. The van der Waals surface area contributed by atoms with Crippen molar-refractivity contribution in [3.05, 3.63) is 52.7 Å². The van der Waals surface area contributed by atoms with Crippen LogP contribution in [0.25, 0.3) is 0 Å². The average molecular weight is 235 g/mol. The zero-order chi connectivity index (χ0) is 11.4. The van der Waals surface area contributed by atoms with E-state index in [1.807, 2.05) is 25.1 Å². The van der Waals surface area contributed by atoms with E-state index in [-0.39, 0.29) is 0 Å². The lowest BCUT2D eigenvalue weighted by Crippen LogP contribution is -1.84. The predicted octanol–water partition coefficient (Wildman–Crippen LogP) is 3.26. The molecule has 0 bridgehead atoms. The number of aryl methyl sites for hydroxylation is 1. The van der Waals surface area contributed by atoms with Gasteiger partial charge in [0.2, 0.25) is 0 Å². The Morgan fingerprint density at radius 3 is 2.88 bits per heavy atom. The van der Waals surface area contributed by atoms with Gasteiger partial charge in [-0.1, -0.05) is 17.7 Å². The summed E-state index contributed by atoms with van der Waals surface area (Å²) in [6.07, 6.45) is 3.43. The minimum absolute atomic E-state index is 0.495. The summed E-state index contributed by atoms with van der Waals surface area (Å²) in [5, 5.41) is 0.495. The quantitative estimate of drug-likeness (QED) is 0.604. The highest BCUT2D eigenvalue weighted by molar-refractivity contribution is 6.29. The van der Waals surface area contributed by atoms with E-state index in [1.54, 1.807) is 18.5 Å². The maximum absolute atomic E-state index is 5.68. The first-order valence-electron chi connectivity index (χ1n) is 4.91. The molecule has 0 fully saturated rings. The second kappa shape index (κ2) is 4.94. The van der Waals surface area contributed by atoms with E-state index >= 15 is 0 Å². The van der Waals surface area contributed by atoms with Gasteiger partial charge in [-0.05, 0) is 30.7 Å². The first kappa shape index (κ1) is 10.9. The highest BCUT2D eigenvalue weighted by Gasteiger charge is 1.94. The predicted molar refractivity (Wildman–Crippen MR) is 64.0 cm³/mol. The van der Waals surface area contributed by atoms with Crippen LogP contribution in [-0.4, -0.2) is 11.2 Å². The molecule has 2 heterocycles. The van der Waals surface area contributed by atoms with E-state index in [0.29, 0.717) is 11.7 Å². The van der Waals surface area contributed by atoms with Gasteiger partial charge in [0.25, 0.3) is 0 Å². The van der Waals surface area contributed by atoms with Crippen LogP contribution in [0.2, 0.25) is 5.15 Å². The minimum Gasteiger partial charge on any atom is -0.460 e. The number of hydrogen-bond acceptors (Lipinski definition) is 3. The molecule has 3 nitrogen and oxygen atoms in total. The van der Waals surface area contributed by atoms with Crippen molar-refractivity contribution in [1.82, 2.24) is 4.98 Å². The molecule has 2 aromatic heterocycles. The second-order valence-corrected chi connectivity index (χ2v) is 3.79. The fourth-order valence-electron chi connectivity index (χ4n) is 1.26. The van der Waals surface area contributed by atoms with Crippen LogP contribution in [0.5, 0.6) is 0 Å². The lowest BCUT2D eigenvalue weighted by molar-refractivity contribution is 0.527. The van der Waals surface area contributed by atoms with Crippen LogP contribution in [0.1, 0.15) is 17.1 Å². The highest BCUT2D eigenvalue weighted by atomic mass is 35.5. The number of halogens is 1. The van der Waals surface area contributed by atoms with Crippen molar-refractivity contribution < 1.29 is 4.42 Å². The molecule has 0 unspecified atom stereocenters. The van der Waals surface area contributed by atoms with Crippen LogP contribution in [0.3, 0.4) is 0 Å². The van der Waals surface area contributed by atoms with E-state index in [4.69, 9.17) is 16.0 Å². The van der Waals surface area contributed by atoms with E-state index in [0.717, 1.165) is 17.1 Å². The van der Waals surface area contributed by atoms with Crippen molar-refractivity contribution in [2.45, 2.75) is 13.5 Å². The van der Waals surface area contributed by atoms with Crippen molar-refractivity contribution in [2.75, 3.05) is 0 Å². The van der Waals surface area contributed by atoms with Crippen molar-refractivity contribution in [1.29, 1.82) is 0 Å². The molecule has 0 aliphatic heterocycles. The van der Waals surface area contributed by atoms with Crippen LogP contribution in [-0.2, 0) is 6.54 Å². The van der Waals surface area contributed by atoms with Gasteiger partial charge in [-0.3, -0.25) is 4.99 Å². The summed E-state index contributed by atoms with van der Waals surface area (Å²) in [6, 6.07) is 7.45. The molecule has 82 valence electrons. The third-order valence-corrected chi connectivity index (χ3v) is 2.27. The van der Waals surface area contributed by atoms with Gasteiger partial charge >= 0.3 is 0 Å². The van der Waals surface area contributed by atoms with Gasteiger partial charge in [0.05, 0.1) is 12.8 Å². The second-order valence-electron chi connectivity index (χ2n) is 3.41. The number of rotatable bonds is 3. The standard InChI is InChI=1S/C12H11ClN2O/c1-9-2-4-11(16-9)8-14-6-10-3-5-12(13)15-7-10/h2-5,7-8H,6H2,1H3. The molecule has 4 heteroatoms. The van der Waals surface area contributed by atoms with Gasteiger partial charge in [0, 0.05) is 6.20 Å². The van der Waals surface area contributed by atoms with Crippen molar-refractivity contribution in [3.63, 3.8) is 0 Å². The van der Waals surface area contributed by atoms with E-state index in [9.17, 15) is 0 Å². The fraction of sp³-hybridized carbons (Fsp3) is 0.167. The lowest BCUT2D eigenvalue weighted by Gasteiger charge is -1.94. The number of aromatic nitrogens is 1. The molecule has 0 radical (unpaired) electrons. The smallest absolute Gasteiger partial charge is 0.144 e. The molecular formula is C12H11ClN2O. The molecular weight excluding hydrogens is 224 g/mol. The zero-order valence-corrected chi connectivity index (χ0v) is 9.61. The molecule has 0 aliphatic rings. The fourth-order valence-corrected chi connectivity index (χ4v) is 1.38. The van der Waals surface area contributed by atoms with Crippen molar-refractivity contribution in [2.24, 2.45) is 4.99 Å². The lowest BCUT2D eigenvalue weighted by atomic mass is 10.3. The van der Waals surface area contributed by atoms with E-state index in [2.05, 4.69) is 9.98 Å². The molecule has 0 saturated heterocycles. The third-order valence-electron chi connectivity index (χ3n) is 2.04. The molecule has 0 saturated carbocycles. The topological polar surface area (TPSA) is 38.4 Å². The van der Waals surface area contributed by atoms with Gasteiger partial charge in [-0.25, -0.2) is 4.98 Å². The van der Waals surface area contributed by atoms with Gasteiger partial charge in [0.1, 0.15) is 16.7 Å². The normalized spacial score (nSPS) is 11.1. The summed E-state index contributed by atoms with van der Waals surface area (Å²) >= 11 is 5.68. The van der Waals surface area contributed by atoms with Crippen LogP contribution in [0.4, 0.5) is 0 Å². The van der Waals surface area contributed by atoms with Crippen LogP contribution in [0, 0.1) is 6.92 Å². The molecule has 0 aliphatic carbocycles. The number of pyridine rings is 1. The Balaban J connectivity index is 1.97. The minimum atomic E-state index is 0.495. The van der Waals surface area contributed by atoms with E-state index < -0.39 is 0 Å². The monoisotopic (exact) mass is 234 g/mol.